The van der Waals surface area contributed by atoms with E-state index in [1.165, 1.54) is 0 Å². The van der Waals surface area contributed by atoms with Gasteiger partial charge in [-0.25, -0.2) is 0 Å². The van der Waals surface area contributed by atoms with E-state index in [0.29, 0.717) is 25.4 Å². The molecule has 1 aromatic rings. The molecule has 0 aliphatic carbocycles. The molecular weight excluding hydrogens is 318 g/mol. The van der Waals surface area contributed by atoms with Crippen LogP contribution < -0.4 is 15.4 Å². The normalized spacial score (nSPS) is 15.2. The molecule has 25 heavy (non-hydrogen) atoms. The third-order valence-corrected chi connectivity index (χ3v) is 4.13. The Morgan fingerprint density at radius 2 is 1.84 bits per heavy atom. The lowest BCUT2D eigenvalue weighted by Crippen LogP contribution is -2.43. The van der Waals surface area contributed by atoms with E-state index in [0.717, 1.165) is 25.9 Å². The van der Waals surface area contributed by atoms with Gasteiger partial charge in [0.15, 0.2) is 6.61 Å². The largest absolute Gasteiger partial charge is 0.484 e. The van der Waals surface area contributed by atoms with Crippen LogP contribution in [-0.2, 0) is 9.59 Å². The van der Waals surface area contributed by atoms with Crippen LogP contribution in [0.1, 0.15) is 12.8 Å². The first-order valence-corrected chi connectivity index (χ1v) is 8.57. The summed E-state index contributed by atoms with van der Waals surface area (Å²) in [5.41, 5.74) is 0. The van der Waals surface area contributed by atoms with Crippen LogP contribution in [-0.4, -0.2) is 56.0 Å². The van der Waals surface area contributed by atoms with Crippen molar-refractivity contribution in [1.29, 1.82) is 0 Å². The van der Waals surface area contributed by atoms with Gasteiger partial charge in [-0.15, -0.1) is 6.42 Å². The van der Waals surface area contributed by atoms with E-state index in [1.54, 1.807) is 12.1 Å². The summed E-state index contributed by atoms with van der Waals surface area (Å²) in [4.78, 5) is 26.0. The van der Waals surface area contributed by atoms with Crippen molar-refractivity contribution in [3.05, 3.63) is 30.3 Å². The molecule has 0 bridgehead atoms. The average molecular weight is 343 g/mol. The maximum absolute atomic E-state index is 12.1. The number of likely N-dealkylation sites (tertiary alicyclic amines) is 1. The highest BCUT2D eigenvalue weighted by atomic mass is 16.5. The smallest absolute Gasteiger partial charge is 0.258 e. The highest BCUT2D eigenvalue weighted by molar-refractivity contribution is 5.79. The lowest BCUT2D eigenvalue weighted by molar-refractivity contribution is -0.127. The van der Waals surface area contributed by atoms with Crippen LogP contribution in [0.15, 0.2) is 30.3 Å². The van der Waals surface area contributed by atoms with Gasteiger partial charge in [0.2, 0.25) is 5.91 Å². The fourth-order valence-electron chi connectivity index (χ4n) is 2.73. The number of piperidine rings is 1. The number of para-hydroxylation sites is 1. The summed E-state index contributed by atoms with van der Waals surface area (Å²) in [6.07, 6.45) is 6.95. The Bertz CT molecular complexity index is 590. The Morgan fingerprint density at radius 3 is 2.52 bits per heavy atom. The molecular formula is C19H25N3O3. The van der Waals surface area contributed by atoms with E-state index in [-0.39, 0.29) is 24.3 Å². The summed E-state index contributed by atoms with van der Waals surface area (Å²) in [5, 5.41) is 5.60. The predicted molar refractivity (Wildman–Crippen MR) is 96.0 cm³/mol. The number of hydrogen-bond acceptors (Lipinski definition) is 4. The summed E-state index contributed by atoms with van der Waals surface area (Å²) < 4.78 is 5.35. The number of nitrogens with zero attached hydrogens (tertiary/aromatic N) is 1. The Labute approximate surface area is 148 Å². The molecule has 0 saturated carbocycles. The average Bonchev–Trinajstić information content (AvgIpc) is 2.65. The predicted octanol–water partition coefficient (Wildman–Crippen LogP) is 0.643. The zero-order valence-electron chi connectivity index (χ0n) is 14.4. The third-order valence-electron chi connectivity index (χ3n) is 4.13. The first kappa shape index (κ1) is 18.8. The zero-order chi connectivity index (χ0) is 17.9. The van der Waals surface area contributed by atoms with Crippen molar-refractivity contribution < 1.29 is 14.3 Å². The van der Waals surface area contributed by atoms with E-state index in [2.05, 4.69) is 21.5 Å². The molecule has 2 N–H and O–H groups in total. The monoisotopic (exact) mass is 343 g/mol. The number of carbonyl (C=O) groups is 2. The number of nitrogens with one attached hydrogen (secondary N) is 2. The number of carbonyl (C=O) groups excluding carboxylic acids is 2. The second kappa shape index (κ2) is 10.4. The summed E-state index contributed by atoms with van der Waals surface area (Å²) in [7, 11) is 0. The molecule has 6 nitrogen and oxygen atoms in total. The van der Waals surface area contributed by atoms with E-state index in [4.69, 9.17) is 11.2 Å². The van der Waals surface area contributed by atoms with Crippen molar-refractivity contribution >= 4 is 11.8 Å². The number of benzene rings is 1. The minimum absolute atomic E-state index is 0.0335. The van der Waals surface area contributed by atoms with Crippen LogP contribution in [0, 0.1) is 18.3 Å². The van der Waals surface area contributed by atoms with Crippen molar-refractivity contribution in [2.24, 2.45) is 5.92 Å². The Hall–Kier alpha value is -2.52. The minimum atomic E-state index is -0.208. The molecule has 1 aliphatic heterocycles. The van der Waals surface area contributed by atoms with Crippen LogP contribution in [0.5, 0.6) is 5.75 Å². The lowest BCUT2D eigenvalue weighted by Gasteiger charge is -2.29. The molecule has 2 rings (SSSR count). The molecule has 1 heterocycles. The number of terminal acetylenes is 1. The molecule has 1 aliphatic rings. The maximum Gasteiger partial charge on any atom is 0.258 e. The summed E-state index contributed by atoms with van der Waals surface area (Å²) >= 11 is 0. The topological polar surface area (TPSA) is 70.7 Å². The van der Waals surface area contributed by atoms with Crippen molar-refractivity contribution in [3.63, 3.8) is 0 Å². The molecule has 0 atom stereocenters. The van der Waals surface area contributed by atoms with Gasteiger partial charge in [0.25, 0.3) is 5.91 Å². The lowest BCUT2D eigenvalue weighted by atomic mass is 9.96. The molecule has 2 amide bonds. The molecule has 1 aromatic carbocycles. The second-order valence-electron chi connectivity index (χ2n) is 6.00. The first-order valence-electron chi connectivity index (χ1n) is 8.57. The summed E-state index contributed by atoms with van der Waals surface area (Å²) in [6.45, 7) is 3.13. The number of amides is 2. The van der Waals surface area contributed by atoms with E-state index >= 15 is 0 Å². The fraction of sp³-hybridized carbons (Fsp3) is 0.474. The molecule has 0 aromatic heterocycles. The third kappa shape index (κ3) is 6.86. The van der Waals surface area contributed by atoms with Gasteiger partial charge < -0.3 is 15.4 Å². The molecule has 0 unspecified atom stereocenters. The van der Waals surface area contributed by atoms with Crippen molar-refractivity contribution in [3.8, 4) is 18.1 Å². The van der Waals surface area contributed by atoms with E-state index in [9.17, 15) is 9.59 Å². The number of hydrogen-bond donors (Lipinski definition) is 2. The van der Waals surface area contributed by atoms with Gasteiger partial charge in [-0.3, -0.25) is 14.5 Å². The van der Waals surface area contributed by atoms with Gasteiger partial charge in [-0.2, -0.15) is 0 Å². The standard InChI is InChI=1S/C19H25N3O3/c1-2-12-22-13-8-16(9-14-22)19(24)21-11-10-20-18(23)15-25-17-6-4-3-5-7-17/h1,3-7,16H,8-15H2,(H,20,23)(H,21,24). The quantitative estimate of drug-likeness (QED) is 0.537. The Morgan fingerprint density at radius 1 is 1.16 bits per heavy atom. The van der Waals surface area contributed by atoms with Crippen LogP contribution in [0.25, 0.3) is 0 Å². The van der Waals surface area contributed by atoms with Gasteiger partial charge in [-0.05, 0) is 38.1 Å². The van der Waals surface area contributed by atoms with Crippen molar-refractivity contribution in [1.82, 2.24) is 15.5 Å². The van der Waals surface area contributed by atoms with Crippen LogP contribution in [0.2, 0.25) is 0 Å². The highest BCUT2D eigenvalue weighted by Crippen LogP contribution is 2.16. The van der Waals surface area contributed by atoms with Gasteiger partial charge in [0.1, 0.15) is 5.75 Å². The second-order valence-corrected chi connectivity index (χ2v) is 6.00. The minimum Gasteiger partial charge on any atom is -0.484 e. The van der Waals surface area contributed by atoms with Gasteiger partial charge >= 0.3 is 0 Å². The SMILES string of the molecule is C#CCN1CCC(C(=O)NCCNC(=O)COc2ccccc2)CC1. The molecule has 134 valence electrons. The summed E-state index contributed by atoms with van der Waals surface area (Å²) in [6, 6.07) is 9.17. The van der Waals surface area contributed by atoms with Crippen LogP contribution >= 0.6 is 0 Å². The number of ether oxygens (including phenoxy) is 1. The summed E-state index contributed by atoms with van der Waals surface area (Å²) in [5.74, 6) is 3.16. The highest BCUT2D eigenvalue weighted by Gasteiger charge is 2.24. The van der Waals surface area contributed by atoms with Crippen LogP contribution in [0.4, 0.5) is 0 Å². The molecule has 1 saturated heterocycles. The van der Waals surface area contributed by atoms with Gasteiger partial charge in [-0.1, -0.05) is 24.1 Å². The first-order chi connectivity index (χ1) is 12.2. The Kier molecular flexibility index (Phi) is 7.80. The Balaban J connectivity index is 1.54. The van der Waals surface area contributed by atoms with E-state index < -0.39 is 0 Å². The zero-order valence-corrected chi connectivity index (χ0v) is 14.4. The van der Waals surface area contributed by atoms with E-state index in [1.807, 2.05) is 18.2 Å². The maximum atomic E-state index is 12.1. The van der Waals surface area contributed by atoms with Crippen molar-refractivity contribution in [2.45, 2.75) is 12.8 Å². The van der Waals surface area contributed by atoms with Crippen LogP contribution in [0.3, 0.4) is 0 Å². The molecule has 0 spiro atoms. The van der Waals surface area contributed by atoms with Crippen molar-refractivity contribution in [2.75, 3.05) is 39.3 Å². The number of rotatable bonds is 8. The molecule has 0 radical (unpaired) electrons. The van der Waals surface area contributed by atoms with Gasteiger partial charge in [0.05, 0.1) is 6.54 Å². The molecule has 6 heteroatoms. The molecule has 1 fully saturated rings. The fourth-order valence-corrected chi connectivity index (χ4v) is 2.73. The van der Waals surface area contributed by atoms with Gasteiger partial charge in [0, 0.05) is 19.0 Å².